The Morgan fingerprint density at radius 2 is 2.40 bits per heavy atom. The zero-order valence-electron chi connectivity index (χ0n) is 5.99. The van der Waals surface area contributed by atoms with E-state index < -0.39 is 6.29 Å². The molecule has 1 aliphatic rings. The number of hydrogen-bond acceptors (Lipinski definition) is 4. The Morgan fingerprint density at radius 1 is 1.70 bits per heavy atom. The standard InChI is InChI=1S/C6H13NO3/c1-9-5-3-10-6(8)2-4(5)7/h4-6,8H,2-3,7H2,1H3/t4-,5+,6?/m0/s1. The average molecular weight is 147 g/mol. The number of aliphatic hydroxyl groups excluding tert-OH is 1. The number of nitrogens with two attached hydrogens (primary N) is 1. The molecule has 0 spiro atoms. The number of ether oxygens (including phenoxy) is 2. The van der Waals surface area contributed by atoms with E-state index in [1.165, 1.54) is 0 Å². The highest BCUT2D eigenvalue weighted by molar-refractivity contribution is 4.77. The summed E-state index contributed by atoms with van der Waals surface area (Å²) in [6.07, 6.45) is -0.316. The number of rotatable bonds is 1. The second-order valence-electron chi connectivity index (χ2n) is 2.46. The monoisotopic (exact) mass is 147 g/mol. The summed E-state index contributed by atoms with van der Waals surface area (Å²) in [5, 5.41) is 8.94. The third kappa shape index (κ3) is 1.67. The van der Waals surface area contributed by atoms with Crippen LogP contribution in [0.15, 0.2) is 0 Å². The van der Waals surface area contributed by atoms with Gasteiger partial charge in [0.15, 0.2) is 6.29 Å². The Labute approximate surface area is 59.9 Å². The van der Waals surface area contributed by atoms with Crippen LogP contribution in [0.5, 0.6) is 0 Å². The van der Waals surface area contributed by atoms with Crippen molar-refractivity contribution < 1.29 is 14.6 Å². The van der Waals surface area contributed by atoms with Crippen LogP contribution in [-0.2, 0) is 9.47 Å². The first-order chi connectivity index (χ1) is 4.74. The van der Waals surface area contributed by atoms with Gasteiger partial charge in [0.05, 0.1) is 12.7 Å². The molecule has 4 heteroatoms. The Hall–Kier alpha value is -0.160. The third-order valence-electron chi connectivity index (χ3n) is 1.71. The van der Waals surface area contributed by atoms with Gasteiger partial charge in [-0.3, -0.25) is 0 Å². The molecule has 1 aliphatic heterocycles. The van der Waals surface area contributed by atoms with Crippen molar-refractivity contribution >= 4 is 0 Å². The van der Waals surface area contributed by atoms with E-state index in [9.17, 15) is 0 Å². The second kappa shape index (κ2) is 3.30. The molecular formula is C6H13NO3. The normalized spacial score (nSPS) is 41.7. The molecule has 1 unspecified atom stereocenters. The molecule has 3 atom stereocenters. The van der Waals surface area contributed by atoms with E-state index in [1.54, 1.807) is 7.11 Å². The maximum atomic E-state index is 8.94. The average Bonchev–Trinajstić information content (AvgIpc) is 1.88. The van der Waals surface area contributed by atoms with Gasteiger partial charge in [-0.2, -0.15) is 0 Å². The summed E-state index contributed by atoms with van der Waals surface area (Å²) in [6, 6.07) is -0.103. The molecule has 10 heavy (non-hydrogen) atoms. The second-order valence-corrected chi connectivity index (χ2v) is 2.46. The van der Waals surface area contributed by atoms with Crippen molar-refractivity contribution in [1.82, 2.24) is 0 Å². The highest BCUT2D eigenvalue weighted by Gasteiger charge is 2.26. The van der Waals surface area contributed by atoms with Crippen LogP contribution in [0.25, 0.3) is 0 Å². The summed E-state index contributed by atoms with van der Waals surface area (Å²) in [7, 11) is 1.59. The summed E-state index contributed by atoms with van der Waals surface area (Å²) in [4.78, 5) is 0. The number of hydrogen-bond donors (Lipinski definition) is 2. The van der Waals surface area contributed by atoms with E-state index in [1.807, 2.05) is 0 Å². The molecule has 0 aromatic carbocycles. The lowest BCUT2D eigenvalue weighted by Crippen LogP contribution is -2.47. The molecule has 1 saturated heterocycles. The SMILES string of the molecule is CO[C@@H]1COC(O)C[C@@H]1N. The van der Waals surface area contributed by atoms with Crippen LogP contribution in [0.4, 0.5) is 0 Å². The predicted octanol–water partition coefficient (Wildman–Crippen LogP) is -0.933. The Balaban J connectivity index is 2.36. The maximum absolute atomic E-state index is 8.94. The molecule has 1 heterocycles. The first-order valence-electron chi connectivity index (χ1n) is 3.32. The molecule has 3 N–H and O–H groups in total. The predicted molar refractivity (Wildman–Crippen MR) is 35.3 cm³/mol. The van der Waals surface area contributed by atoms with Gasteiger partial charge < -0.3 is 20.3 Å². The summed E-state index contributed by atoms with van der Waals surface area (Å²) in [6.45, 7) is 0.388. The van der Waals surface area contributed by atoms with Crippen molar-refractivity contribution in [3.05, 3.63) is 0 Å². The zero-order valence-corrected chi connectivity index (χ0v) is 5.99. The van der Waals surface area contributed by atoms with Crippen molar-refractivity contribution in [3.63, 3.8) is 0 Å². The van der Waals surface area contributed by atoms with Gasteiger partial charge in [0.1, 0.15) is 0 Å². The van der Waals surface area contributed by atoms with E-state index in [0.29, 0.717) is 13.0 Å². The highest BCUT2D eigenvalue weighted by Crippen LogP contribution is 2.12. The van der Waals surface area contributed by atoms with Crippen molar-refractivity contribution in [1.29, 1.82) is 0 Å². The fourth-order valence-electron chi connectivity index (χ4n) is 1.02. The first-order valence-corrected chi connectivity index (χ1v) is 3.32. The fraction of sp³-hybridized carbons (Fsp3) is 1.00. The molecule has 4 nitrogen and oxygen atoms in total. The minimum Gasteiger partial charge on any atom is -0.377 e. The number of methoxy groups -OCH3 is 1. The first kappa shape index (κ1) is 7.94. The summed E-state index contributed by atoms with van der Waals surface area (Å²) >= 11 is 0. The van der Waals surface area contributed by atoms with Crippen LogP contribution in [0.3, 0.4) is 0 Å². The lowest BCUT2D eigenvalue weighted by Gasteiger charge is -2.30. The largest absolute Gasteiger partial charge is 0.377 e. The Kier molecular flexibility index (Phi) is 2.62. The maximum Gasteiger partial charge on any atom is 0.156 e. The Bertz CT molecular complexity index is 109. The quantitative estimate of drug-likeness (QED) is 0.503. The number of aliphatic hydroxyl groups is 1. The van der Waals surface area contributed by atoms with E-state index in [2.05, 4.69) is 0 Å². The van der Waals surface area contributed by atoms with Gasteiger partial charge in [0.2, 0.25) is 0 Å². The van der Waals surface area contributed by atoms with Crippen molar-refractivity contribution in [2.75, 3.05) is 13.7 Å². The van der Waals surface area contributed by atoms with E-state index in [0.717, 1.165) is 0 Å². The van der Waals surface area contributed by atoms with Gasteiger partial charge in [-0.1, -0.05) is 0 Å². The minimum atomic E-state index is -0.707. The van der Waals surface area contributed by atoms with Crippen molar-refractivity contribution in [3.8, 4) is 0 Å². The van der Waals surface area contributed by atoms with Crippen LogP contribution in [-0.4, -0.2) is 37.3 Å². The molecular weight excluding hydrogens is 134 g/mol. The van der Waals surface area contributed by atoms with Crippen molar-refractivity contribution in [2.24, 2.45) is 5.73 Å². The molecule has 60 valence electrons. The molecule has 1 rings (SSSR count). The van der Waals surface area contributed by atoms with Crippen LogP contribution in [0.2, 0.25) is 0 Å². The van der Waals surface area contributed by atoms with Gasteiger partial charge >= 0.3 is 0 Å². The molecule has 0 bridgehead atoms. The molecule has 0 amide bonds. The summed E-state index contributed by atoms with van der Waals surface area (Å²) in [5.41, 5.74) is 5.61. The van der Waals surface area contributed by atoms with Gasteiger partial charge in [-0.15, -0.1) is 0 Å². The fourth-order valence-corrected chi connectivity index (χ4v) is 1.02. The lowest BCUT2D eigenvalue weighted by molar-refractivity contribution is -0.168. The molecule has 0 aromatic heterocycles. The van der Waals surface area contributed by atoms with Gasteiger partial charge in [0, 0.05) is 19.6 Å². The highest BCUT2D eigenvalue weighted by atomic mass is 16.6. The van der Waals surface area contributed by atoms with Crippen LogP contribution >= 0.6 is 0 Å². The third-order valence-corrected chi connectivity index (χ3v) is 1.71. The van der Waals surface area contributed by atoms with Gasteiger partial charge in [-0.05, 0) is 0 Å². The zero-order chi connectivity index (χ0) is 7.56. The topological polar surface area (TPSA) is 64.7 Å². The Morgan fingerprint density at radius 3 is 2.90 bits per heavy atom. The van der Waals surface area contributed by atoms with E-state index >= 15 is 0 Å². The molecule has 1 fully saturated rings. The van der Waals surface area contributed by atoms with Crippen LogP contribution in [0, 0.1) is 0 Å². The van der Waals surface area contributed by atoms with Gasteiger partial charge in [0.25, 0.3) is 0 Å². The summed E-state index contributed by atoms with van der Waals surface area (Å²) < 4.78 is 9.89. The van der Waals surface area contributed by atoms with Crippen LogP contribution < -0.4 is 5.73 Å². The van der Waals surface area contributed by atoms with E-state index in [-0.39, 0.29) is 12.1 Å². The molecule has 0 saturated carbocycles. The molecule has 0 aliphatic carbocycles. The van der Waals surface area contributed by atoms with Crippen molar-refractivity contribution in [2.45, 2.75) is 24.9 Å². The molecule has 0 aromatic rings. The lowest BCUT2D eigenvalue weighted by atomic mass is 10.1. The summed E-state index contributed by atoms with van der Waals surface area (Å²) in [5.74, 6) is 0. The van der Waals surface area contributed by atoms with Gasteiger partial charge in [-0.25, -0.2) is 0 Å². The van der Waals surface area contributed by atoms with E-state index in [4.69, 9.17) is 20.3 Å². The molecule has 0 radical (unpaired) electrons. The van der Waals surface area contributed by atoms with Crippen LogP contribution in [0.1, 0.15) is 6.42 Å². The minimum absolute atomic E-state index is 0.0663. The smallest absolute Gasteiger partial charge is 0.156 e.